The maximum Gasteiger partial charge on any atom is 0.252 e. The summed E-state index contributed by atoms with van der Waals surface area (Å²) in [5.41, 5.74) is 23.4. The molecular weight excluding hydrogens is 834 g/mol. The minimum absolute atomic E-state index is 0.00129. The average molecular weight is 886 g/mol. The number of benzene rings is 10. The van der Waals surface area contributed by atoms with Crippen molar-refractivity contribution in [3.8, 4) is 22.3 Å². The van der Waals surface area contributed by atoms with Crippen LogP contribution in [0.5, 0.6) is 0 Å². The Morgan fingerprint density at radius 2 is 1.03 bits per heavy atom. The van der Waals surface area contributed by atoms with Gasteiger partial charge in [0.15, 0.2) is 0 Å². The molecule has 0 radical (unpaired) electrons. The highest BCUT2D eigenvalue weighted by molar-refractivity contribution is 7.00. The Hall–Kier alpha value is -8.08. The number of rotatable bonds is 6. The molecule has 0 unspecified atom stereocenters. The van der Waals surface area contributed by atoms with Crippen molar-refractivity contribution in [1.29, 1.82) is 0 Å². The first-order chi connectivity index (χ1) is 33.6. The summed E-state index contributed by atoms with van der Waals surface area (Å²) >= 11 is 0. The van der Waals surface area contributed by atoms with Crippen LogP contribution in [-0.4, -0.2) is 6.71 Å². The molecule has 3 aliphatic rings. The summed E-state index contributed by atoms with van der Waals surface area (Å²) in [6, 6.07) is 83.4. The molecule has 69 heavy (non-hydrogen) atoms. The van der Waals surface area contributed by atoms with Crippen LogP contribution in [0.2, 0.25) is 0 Å². The number of hydrogen-bond donors (Lipinski definition) is 0. The van der Waals surface area contributed by atoms with Gasteiger partial charge in [0, 0.05) is 56.5 Å². The van der Waals surface area contributed by atoms with Crippen LogP contribution in [0.3, 0.4) is 0 Å². The van der Waals surface area contributed by atoms with Crippen LogP contribution < -0.4 is 31.1 Å². The highest BCUT2D eigenvalue weighted by Gasteiger charge is 2.47. The Labute approximate surface area is 406 Å². The molecule has 0 spiro atoms. The average Bonchev–Trinajstić information content (AvgIpc) is 3.61. The first kappa shape index (κ1) is 41.1. The van der Waals surface area contributed by atoms with Gasteiger partial charge in [-0.05, 0) is 145 Å². The Morgan fingerprint density at radius 3 is 1.71 bits per heavy atom. The lowest BCUT2D eigenvalue weighted by molar-refractivity contribution is 0.590. The quantitative estimate of drug-likeness (QED) is 0.154. The molecule has 330 valence electrons. The van der Waals surface area contributed by atoms with Crippen LogP contribution in [-0.2, 0) is 10.8 Å². The second-order valence-corrected chi connectivity index (χ2v) is 20.5. The zero-order valence-electron chi connectivity index (χ0n) is 39.8. The molecule has 4 heteroatoms. The summed E-state index contributed by atoms with van der Waals surface area (Å²) in [6.45, 7) is 11.9. The van der Waals surface area contributed by atoms with Crippen molar-refractivity contribution in [2.45, 2.75) is 45.4 Å². The van der Waals surface area contributed by atoms with Crippen LogP contribution in [0.4, 0.5) is 51.2 Å². The zero-order valence-corrected chi connectivity index (χ0v) is 39.8. The molecular formula is C65H52BN3. The number of para-hydroxylation sites is 5. The third-order valence-electron chi connectivity index (χ3n) is 15.1. The number of hydrogen-bond acceptors (Lipinski definition) is 3. The summed E-state index contributed by atoms with van der Waals surface area (Å²) in [7, 11) is 0. The lowest BCUT2D eigenvalue weighted by Crippen LogP contribution is -2.61. The molecule has 0 amide bonds. The van der Waals surface area contributed by atoms with Crippen molar-refractivity contribution in [2.24, 2.45) is 0 Å². The normalized spacial score (nSPS) is 13.9. The van der Waals surface area contributed by atoms with Gasteiger partial charge < -0.3 is 14.7 Å². The van der Waals surface area contributed by atoms with Crippen LogP contribution >= 0.6 is 0 Å². The van der Waals surface area contributed by atoms with E-state index in [0.717, 1.165) is 22.7 Å². The van der Waals surface area contributed by atoms with E-state index in [2.05, 4.69) is 274 Å². The van der Waals surface area contributed by atoms with Gasteiger partial charge in [-0.25, -0.2) is 0 Å². The maximum absolute atomic E-state index is 2.60. The molecule has 13 rings (SSSR count). The van der Waals surface area contributed by atoms with E-state index in [-0.39, 0.29) is 17.5 Å². The van der Waals surface area contributed by atoms with Crippen LogP contribution in [0, 0.1) is 0 Å². The molecule has 0 saturated heterocycles. The summed E-state index contributed by atoms with van der Waals surface area (Å²) < 4.78 is 0. The van der Waals surface area contributed by atoms with Gasteiger partial charge in [0.05, 0.1) is 5.69 Å². The van der Waals surface area contributed by atoms with Crippen molar-refractivity contribution in [3.63, 3.8) is 0 Å². The summed E-state index contributed by atoms with van der Waals surface area (Å²) in [4.78, 5) is 7.51. The molecule has 0 atom stereocenters. The lowest BCUT2D eigenvalue weighted by atomic mass is 9.33. The first-order valence-corrected chi connectivity index (χ1v) is 24.4. The molecule has 0 N–H and O–H groups in total. The third kappa shape index (κ3) is 6.35. The lowest BCUT2D eigenvalue weighted by Gasteiger charge is -2.45. The van der Waals surface area contributed by atoms with Crippen LogP contribution in [0.1, 0.15) is 51.3 Å². The largest absolute Gasteiger partial charge is 0.311 e. The Kier molecular flexibility index (Phi) is 9.23. The third-order valence-corrected chi connectivity index (χ3v) is 15.1. The highest BCUT2D eigenvalue weighted by Crippen LogP contribution is 2.55. The zero-order chi connectivity index (χ0) is 46.6. The molecule has 2 aliphatic heterocycles. The Morgan fingerprint density at radius 1 is 0.435 bits per heavy atom. The van der Waals surface area contributed by atoms with Gasteiger partial charge in [0.1, 0.15) is 0 Å². The van der Waals surface area contributed by atoms with Crippen molar-refractivity contribution >= 4 is 85.1 Å². The summed E-state index contributed by atoms with van der Waals surface area (Å²) in [6.07, 6.45) is 0. The minimum atomic E-state index is -0.273. The van der Waals surface area contributed by atoms with E-state index < -0.39 is 0 Å². The van der Waals surface area contributed by atoms with Crippen LogP contribution in [0.25, 0.3) is 33.0 Å². The standard InChI is InChI=1S/C65H52BN3/c1-64(2,3)45-39-60-63-61(40-45)69(57-32-20-18-30-50(57)43-22-10-6-11-23-43)58-33-21-19-31-55(58)66(63)56-42-54-53(41-59(56)68(60)48-28-16-9-17-29-48)52-36-34-44-38-49(35-37-51(44)62(52)65(54,4)5)67(46-24-12-7-13-25-46)47-26-14-8-15-27-47/h6-42H,1-5H3. The minimum Gasteiger partial charge on any atom is -0.311 e. The highest BCUT2D eigenvalue weighted by atomic mass is 15.2. The number of fused-ring (bicyclic) bond motifs is 9. The SMILES string of the molecule is CC(C)(C)c1cc2c3c(c1)N(c1ccccc1-c1ccccc1)c1ccccc1B3c1cc3c(cc1N2c1ccccc1)-c1ccc2cc(N(c4ccccc4)c4ccccc4)ccc2c1C3(C)C. The van der Waals surface area contributed by atoms with Crippen molar-refractivity contribution in [3.05, 3.63) is 241 Å². The second-order valence-electron chi connectivity index (χ2n) is 20.5. The molecule has 0 saturated carbocycles. The Balaban J connectivity index is 1.05. The van der Waals surface area contributed by atoms with E-state index in [1.54, 1.807) is 0 Å². The number of anilines is 9. The van der Waals surface area contributed by atoms with E-state index in [9.17, 15) is 0 Å². The van der Waals surface area contributed by atoms with E-state index in [0.29, 0.717) is 0 Å². The fraction of sp³-hybridized carbons (Fsp3) is 0.108. The molecule has 0 aromatic heterocycles. The molecule has 0 bridgehead atoms. The predicted octanol–water partition coefficient (Wildman–Crippen LogP) is 15.7. The van der Waals surface area contributed by atoms with Gasteiger partial charge in [-0.2, -0.15) is 0 Å². The Bertz CT molecular complexity index is 3590. The van der Waals surface area contributed by atoms with Crippen LogP contribution in [0.15, 0.2) is 224 Å². The van der Waals surface area contributed by atoms with Gasteiger partial charge in [0.25, 0.3) is 6.71 Å². The summed E-state index contributed by atoms with van der Waals surface area (Å²) in [5.74, 6) is 0. The van der Waals surface area contributed by atoms with E-state index in [1.807, 2.05) is 0 Å². The van der Waals surface area contributed by atoms with Gasteiger partial charge >= 0.3 is 0 Å². The van der Waals surface area contributed by atoms with E-state index in [4.69, 9.17) is 0 Å². The van der Waals surface area contributed by atoms with Gasteiger partial charge in [-0.3, -0.25) is 0 Å². The molecule has 0 fully saturated rings. The fourth-order valence-electron chi connectivity index (χ4n) is 11.9. The molecule has 2 heterocycles. The van der Waals surface area contributed by atoms with Crippen molar-refractivity contribution < 1.29 is 0 Å². The molecule has 3 nitrogen and oxygen atoms in total. The molecule has 10 aromatic carbocycles. The van der Waals surface area contributed by atoms with Gasteiger partial charge in [0.2, 0.25) is 0 Å². The van der Waals surface area contributed by atoms with Gasteiger partial charge in [-0.15, -0.1) is 0 Å². The predicted molar refractivity (Wildman–Crippen MR) is 294 cm³/mol. The first-order valence-electron chi connectivity index (χ1n) is 24.4. The fourth-order valence-corrected chi connectivity index (χ4v) is 11.9. The topological polar surface area (TPSA) is 9.72 Å². The summed E-state index contributed by atoms with van der Waals surface area (Å²) in [5, 5.41) is 2.54. The molecule has 1 aliphatic carbocycles. The number of nitrogens with zero attached hydrogens (tertiary/aromatic N) is 3. The smallest absolute Gasteiger partial charge is 0.252 e. The monoisotopic (exact) mass is 885 g/mol. The molecule has 10 aromatic rings. The van der Waals surface area contributed by atoms with Crippen molar-refractivity contribution in [1.82, 2.24) is 0 Å². The van der Waals surface area contributed by atoms with E-state index in [1.165, 1.54) is 94.5 Å². The van der Waals surface area contributed by atoms with Gasteiger partial charge in [-0.1, -0.05) is 180 Å². The second kappa shape index (κ2) is 15.5. The van der Waals surface area contributed by atoms with E-state index >= 15 is 0 Å². The maximum atomic E-state index is 2.60. The van der Waals surface area contributed by atoms with Crippen molar-refractivity contribution in [2.75, 3.05) is 14.7 Å².